The number of carbonyl (C=O) groups is 1. The molecule has 1 amide bonds. The van der Waals surface area contributed by atoms with Crippen LogP contribution in [0.4, 0.5) is 0 Å². The van der Waals surface area contributed by atoms with Gasteiger partial charge in [0.2, 0.25) is 5.91 Å². The summed E-state index contributed by atoms with van der Waals surface area (Å²) in [6, 6.07) is 4.67. The number of aromatic amines is 1. The smallest absolute Gasteiger partial charge is 0.239 e. The van der Waals surface area contributed by atoms with Crippen molar-refractivity contribution in [3.63, 3.8) is 0 Å². The standard InChI is InChI=1S/C27H34N6OS/c1-16(2)23-24(19-12-17(3)26-28-15-29-33(26)14-19)30-20-13-22(35-25(20)23)18-7-10-32(11-8-18)27(34)21-6-5-9-31(21)4/h12-16,18,21,30H,5-11H2,1-4H3. The topological polar surface area (TPSA) is 69.5 Å². The summed E-state index contributed by atoms with van der Waals surface area (Å²) in [6.07, 6.45) is 7.94. The fraction of sp³-hybridized carbons (Fsp3) is 0.519. The van der Waals surface area contributed by atoms with Crippen molar-refractivity contribution >= 4 is 33.1 Å². The van der Waals surface area contributed by atoms with Crippen molar-refractivity contribution in [1.29, 1.82) is 0 Å². The number of aryl methyl sites for hydroxylation is 1. The minimum absolute atomic E-state index is 0.0961. The number of hydrogen-bond acceptors (Lipinski definition) is 5. The van der Waals surface area contributed by atoms with Crippen molar-refractivity contribution < 1.29 is 4.79 Å². The first-order chi connectivity index (χ1) is 16.9. The molecule has 2 aliphatic heterocycles. The number of pyridine rings is 1. The van der Waals surface area contributed by atoms with Crippen LogP contribution in [0.5, 0.6) is 0 Å². The maximum Gasteiger partial charge on any atom is 0.239 e. The van der Waals surface area contributed by atoms with Crippen molar-refractivity contribution in [1.82, 2.24) is 29.4 Å². The summed E-state index contributed by atoms with van der Waals surface area (Å²) < 4.78 is 3.24. The molecule has 1 atom stereocenters. The molecule has 0 saturated carbocycles. The van der Waals surface area contributed by atoms with Crippen molar-refractivity contribution in [3.8, 4) is 11.3 Å². The van der Waals surface area contributed by atoms with E-state index in [-0.39, 0.29) is 6.04 Å². The second-order valence-corrected chi connectivity index (χ2v) is 11.7. The van der Waals surface area contributed by atoms with E-state index in [1.165, 1.54) is 26.4 Å². The van der Waals surface area contributed by atoms with Crippen LogP contribution >= 0.6 is 11.3 Å². The molecule has 1 unspecified atom stereocenters. The van der Waals surface area contributed by atoms with Gasteiger partial charge in [-0.25, -0.2) is 9.50 Å². The summed E-state index contributed by atoms with van der Waals surface area (Å²) in [7, 11) is 2.09. The zero-order valence-electron chi connectivity index (χ0n) is 21.0. The number of thiophene rings is 1. The fourth-order valence-corrected chi connectivity index (χ4v) is 7.53. The molecule has 0 bridgehead atoms. The van der Waals surface area contributed by atoms with Gasteiger partial charge in [-0.1, -0.05) is 13.8 Å². The van der Waals surface area contributed by atoms with Gasteiger partial charge in [0.25, 0.3) is 0 Å². The first-order valence-electron chi connectivity index (χ1n) is 12.9. The molecule has 8 heteroatoms. The highest BCUT2D eigenvalue weighted by Crippen LogP contribution is 2.43. The molecule has 35 heavy (non-hydrogen) atoms. The van der Waals surface area contributed by atoms with Gasteiger partial charge < -0.3 is 9.88 Å². The summed E-state index contributed by atoms with van der Waals surface area (Å²) in [4.78, 5) is 26.9. The number of nitrogens with zero attached hydrogens (tertiary/aromatic N) is 5. The number of likely N-dealkylation sites (N-methyl/N-ethyl adjacent to an activating group) is 1. The van der Waals surface area contributed by atoms with Crippen LogP contribution in [0.15, 0.2) is 24.7 Å². The molecule has 0 aliphatic carbocycles. The molecule has 4 aromatic heterocycles. The SMILES string of the molecule is Cc1cc(-c2[nH]c3cc(C4CCN(C(=O)C5CCCN5C)CC4)sc3c2C(C)C)cn2ncnc12. The van der Waals surface area contributed by atoms with Gasteiger partial charge in [-0.15, -0.1) is 11.3 Å². The molecule has 4 aromatic rings. The molecule has 2 saturated heterocycles. The van der Waals surface area contributed by atoms with E-state index in [0.29, 0.717) is 17.7 Å². The number of piperidine rings is 1. The fourth-order valence-electron chi connectivity index (χ4n) is 6.05. The van der Waals surface area contributed by atoms with Gasteiger partial charge in [0.15, 0.2) is 5.65 Å². The Bertz CT molecular complexity index is 1390. The summed E-state index contributed by atoms with van der Waals surface area (Å²) in [5.74, 6) is 1.27. The number of amides is 1. The lowest BCUT2D eigenvalue weighted by molar-refractivity contribution is -0.136. The lowest BCUT2D eigenvalue weighted by atomic mass is 9.94. The molecule has 0 aromatic carbocycles. The molecule has 2 aliphatic rings. The van der Waals surface area contributed by atoms with Crippen LogP contribution < -0.4 is 0 Å². The number of rotatable bonds is 4. The van der Waals surface area contributed by atoms with Crippen molar-refractivity contribution in [2.24, 2.45) is 0 Å². The second-order valence-electron chi connectivity index (χ2n) is 10.6. The Morgan fingerprint density at radius 3 is 2.69 bits per heavy atom. The normalized spacial score (nSPS) is 20.1. The van der Waals surface area contributed by atoms with Crippen LogP contribution in [0.2, 0.25) is 0 Å². The molecule has 6 rings (SSSR count). The number of aromatic nitrogens is 4. The number of nitrogens with one attached hydrogen (secondary N) is 1. The third kappa shape index (κ3) is 3.87. The van der Waals surface area contributed by atoms with Crippen molar-refractivity contribution in [3.05, 3.63) is 40.7 Å². The summed E-state index contributed by atoms with van der Waals surface area (Å²) in [5.41, 5.74) is 6.98. The molecule has 6 heterocycles. The van der Waals surface area contributed by atoms with E-state index >= 15 is 0 Å². The van der Waals surface area contributed by atoms with E-state index in [0.717, 1.165) is 62.1 Å². The predicted molar refractivity (Wildman–Crippen MR) is 141 cm³/mol. The zero-order chi connectivity index (χ0) is 24.3. The zero-order valence-corrected chi connectivity index (χ0v) is 21.9. The molecular formula is C27H34N6OS. The highest BCUT2D eigenvalue weighted by Gasteiger charge is 2.34. The highest BCUT2D eigenvalue weighted by atomic mass is 32.1. The van der Waals surface area contributed by atoms with Gasteiger partial charge >= 0.3 is 0 Å². The van der Waals surface area contributed by atoms with E-state index in [1.807, 2.05) is 15.9 Å². The first kappa shape index (κ1) is 22.7. The Balaban J connectivity index is 1.25. The molecule has 7 nitrogen and oxygen atoms in total. The van der Waals surface area contributed by atoms with Gasteiger partial charge in [0.1, 0.15) is 6.33 Å². The minimum atomic E-state index is 0.0961. The number of fused-ring (bicyclic) bond motifs is 2. The summed E-state index contributed by atoms with van der Waals surface area (Å²) in [5, 5.41) is 4.37. The van der Waals surface area contributed by atoms with E-state index in [1.54, 1.807) is 6.33 Å². The molecule has 2 fully saturated rings. The Morgan fingerprint density at radius 2 is 1.97 bits per heavy atom. The highest BCUT2D eigenvalue weighted by molar-refractivity contribution is 7.19. The van der Waals surface area contributed by atoms with E-state index in [4.69, 9.17) is 0 Å². The molecule has 0 spiro atoms. The van der Waals surface area contributed by atoms with Gasteiger partial charge in [-0.05, 0) is 81.3 Å². The maximum atomic E-state index is 13.0. The lowest BCUT2D eigenvalue weighted by Crippen LogP contribution is -2.47. The summed E-state index contributed by atoms with van der Waals surface area (Å²) in [6.45, 7) is 9.43. The van der Waals surface area contributed by atoms with Crippen molar-refractivity contribution in [2.45, 2.75) is 64.3 Å². The van der Waals surface area contributed by atoms with Crippen LogP contribution in [0.1, 0.15) is 67.4 Å². The molecular weight excluding hydrogens is 456 g/mol. The summed E-state index contributed by atoms with van der Waals surface area (Å²) >= 11 is 1.94. The Morgan fingerprint density at radius 1 is 1.17 bits per heavy atom. The Labute approximate surface area is 210 Å². The van der Waals surface area contributed by atoms with Gasteiger partial charge in [0, 0.05) is 29.7 Å². The lowest BCUT2D eigenvalue weighted by Gasteiger charge is -2.34. The Kier molecular flexibility index (Phi) is 5.68. The average Bonchev–Trinajstić information content (AvgIpc) is 3.61. The van der Waals surface area contributed by atoms with Crippen LogP contribution in [-0.2, 0) is 4.79 Å². The maximum absolute atomic E-state index is 13.0. The monoisotopic (exact) mass is 490 g/mol. The van der Waals surface area contributed by atoms with Crippen LogP contribution in [0.3, 0.4) is 0 Å². The second kappa shape index (κ2) is 8.75. The third-order valence-corrected chi connectivity index (χ3v) is 9.30. The molecule has 0 radical (unpaired) electrons. The molecule has 184 valence electrons. The van der Waals surface area contributed by atoms with Gasteiger partial charge in [0.05, 0.1) is 22.0 Å². The van der Waals surface area contributed by atoms with Gasteiger partial charge in [-0.3, -0.25) is 9.69 Å². The quantitative estimate of drug-likeness (QED) is 0.428. The number of carbonyl (C=O) groups excluding carboxylic acids is 1. The predicted octanol–water partition coefficient (Wildman–Crippen LogP) is 5.17. The average molecular weight is 491 g/mol. The van der Waals surface area contributed by atoms with Crippen molar-refractivity contribution in [2.75, 3.05) is 26.7 Å². The van der Waals surface area contributed by atoms with E-state index < -0.39 is 0 Å². The largest absolute Gasteiger partial charge is 0.354 e. The van der Waals surface area contributed by atoms with E-state index in [9.17, 15) is 4.79 Å². The van der Waals surface area contributed by atoms with E-state index in [2.05, 4.69) is 71.0 Å². The first-order valence-corrected chi connectivity index (χ1v) is 13.7. The number of likely N-dealkylation sites (tertiary alicyclic amines) is 2. The van der Waals surface area contributed by atoms with Crippen LogP contribution in [0.25, 0.3) is 27.1 Å². The minimum Gasteiger partial charge on any atom is -0.354 e. The number of H-pyrrole nitrogens is 1. The van der Waals surface area contributed by atoms with Crippen LogP contribution in [-0.4, -0.2) is 68.0 Å². The van der Waals surface area contributed by atoms with Gasteiger partial charge in [-0.2, -0.15) is 5.10 Å². The molecule has 1 N–H and O–H groups in total. The third-order valence-electron chi connectivity index (χ3n) is 7.96. The van der Waals surface area contributed by atoms with Crippen LogP contribution in [0, 0.1) is 6.92 Å². The number of hydrogen-bond donors (Lipinski definition) is 1. The Hall–Kier alpha value is -2.71.